The largest absolute Gasteiger partial charge is 0.497 e. The summed E-state index contributed by atoms with van der Waals surface area (Å²) in [5.74, 6) is 6.85. The highest BCUT2D eigenvalue weighted by molar-refractivity contribution is 7.22. The molecule has 5 aromatic rings. The highest BCUT2D eigenvalue weighted by Crippen LogP contribution is 2.37. The third-order valence-electron chi connectivity index (χ3n) is 6.23. The molecule has 0 unspecified atom stereocenters. The van der Waals surface area contributed by atoms with E-state index in [1.165, 1.54) is 17.4 Å². The highest BCUT2D eigenvalue weighted by Gasteiger charge is 2.13. The number of aliphatic carboxylic acids is 1. The molecular weight excluding hydrogens is 565 g/mol. The number of hydrogen-bond donors (Lipinski definition) is 1. The quantitative estimate of drug-likeness (QED) is 0.111. The minimum absolute atomic E-state index is 0.289. The lowest BCUT2D eigenvalue weighted by molar-refractivity contribution is -0.132. The number of ether oxygens (including phenoxy) is 2. The molecule has 2 heterocycles. The predicted octanol–water partition coefficient (Wildman–Crippen LogP) is 8.35. The van der Waals surface area contributed by atoms with Crippen molar-refractivity contribution >= 4 is 51.8 Å². The van der Waals surface area contributed by atoms with E-state index in [0.717, 1.165) is 48.8 Å². The molecule has 8 heteroatoms. The average Bonchev–Trinajstić information content (AvgIpc) is 3.70. The van der Waals surface area contributed by atoms with Gasteiger partial charge in [0.25, 0.3) is 0 Å². The molecule has 1 N–H and O–H groups in total. The molecule has 3 aromatic carbocycles. The normalized spacial score (nSPS) is 10.7. The number of nitrogens with zero attached hydrogens (tertiary/aromatic N) is 2. The van der Waals surface area contributed by atoms with Crippen LogP contribution in [-0.4, -0.2) is 25.3 Å². The first kappa shape index (κ1) is 28.3. The van der Waals surface area contributed by atoms with E-state index in [9.17, 15) is 4.79 Å². The minimum atomic E-state index is -1.23. The lowest BCUT2D eigenvalue weighted by atomic mass is 10.1. The second-order valence-electron chi connectivity index (χ2n) is 8.87. The first-order valence-corrected chi connectivity index (χ1v) is 14.4. The minimum Gasteiger partial charge on any atom is -0.497 e. The first-order valence-electron chi connectivity index (χ1n) is 12.7. The Hall–Kier alpha value is -5.28. The van der Waals surface area contributed by atoms with Crippen molar-refractivity contribution in [1.82, 2.24) is 0 Å². The number of carboxylic acid groups (broad SMARTS) is 1. The molecule has 0 bridgehead atoms. The van der Waals surface area contributed by atoms with Crippen LogP contribution >= 0.6 is 22.7 Å². The fourth-order valence-corrected chi connectivity index (χ4v) is 6.02. The van der Waals surface area contributed by atoms with Crippen molar-refractivity contribution in [3.63, 3.8) is 0 Å². The van der Waals surface area contributed by atoms with Crippen molar-refractivity contribution in [3.05, 3.63) is 118 Å². The topological polar surface area (TPSA) is 82.8 Å². The zero-order chi connectivity index (χ0) is 29.5. The zero-order valence-electron chi connectivity index (χ0n) is 22.7. The lowest BCUT2D eigenvalue weighted by Gasteiger charge is -2.25. The third kappa shape index (κ3) is 6.54. The summed E-state index contributed by atoms with van der Waals surface area (Å²) in [6, 6.07) is 33.4. The third-order valence-corrected chi connectivity index (χ3v) is 8.46. The van der Waals surface area contributed by atoms with Gasteiger partial charge in [0.15, 0.2) is 0 Å². The number of carbonyl (C=O) groups is 1. The van der Waals surface area contributed by atoms with E-state index in [-0.39, 0.29) is 5.57 Å². The van der Waals surface area contributed by atoms with Crippen LogP contribution in [0.25, 0.3) is 15.8 Å². The second-order valence-corrected chi connectivity index (χ2v) is 11.1. The molecule has 5 rings (SSSR count). The van der Waals surface area contributed by atoms with E-state index >= 15 is 0 Å². The number of methoxy groups -OCH3 is 2. The maximum Gasteiger partial charge on any atom is 0.346 e. The van der Waals surface area contributed by atoms with E-state index < -0.39 is 5.97 Å². The Bertz CT molecular complexity index is 1790. The van der Waals surface area contributed by atoms with Crippen LogP contribution in [0, 0.1) is 23.2 Å². The van der Waals surface area contributed by atoms with Gasteiger partial charge in [0.05, 0.1) is 19.1 Å². The van der Waals surface area contributed by atoms with E-state index in [0.29, 0.717) is 4.88 Å². The Morgan fingerprint density at radius 1 is 0.738 bits per heavy atom. The van der Waals surface area contributed by atoms with Crippen LogP contribution in [0.15, 0.2) is 103 Å². The van der Waals surface area contributed by atoms with Gasteiger partial charge in [-0.1, -0.05) is 11.8 Å². The van der Waals surface area contributed by atoms with Gasteiger partial charge in [-0.05, 0) is 103 Å². The van der Waals surface area contributed by atoms with Gasteiger partial charge in [0.1, 0.15) is 23.1 Å². The SMILES string of the molecule is COc1ccc(N(c2ccc(C#Cc3ccc(-c4ccc(/C=C(\C#N)C(=O)O)s4)s3)cc2)c2ccc(OC)cc2)cc1. The first-order chi connectivity index (χ1) is 20.5. The van der Waals surface area contributed by atoms with Gasteiger partial charge in [-0.2, -0.15) is 5.26 Å². The molecule has 0 fully saturated rings. The summed E-state index contributed by atoms with van der Waals surface area (Å²) >= 11 is 3.00. The molecule has 206 valence electrons. The van der Waals surface area contributed by atoms with Crippen molar-refractivity contribution in [1.29, 1.82) is 5.26 Å². The summed E-state index contributed by atoms with van der Waals surface area (Å²) < 4.78 is 10.7. The predicted molar refractivity (Wildman–Crippen MR) is 169 cm³/mol. The number of carboxylic acids is 1. The fraction of sp³-hybridized carbons (Fsp3) is 0.0588. The van der Waals surface area contributed by atoms with Gasteiger partial charge >= 0.3 is 5.97 Å². The molecule has 0 atom stereocenters. The molecule has 0 amide bonds. The van der Waals surface area contributed by atoms with E-state index in [1.54, 1.807) is 31.6 Å². The van der Waals surface area contributed by atoms with Gasteiger partial charge in [-0.3, -0.25) is 0 Å². The molecule has 6 nitrogen and oxygen atoms in total. The average molecular weight is 589 g/mol. The van der Waals surface area contributed by atoms with Crippen LogP contribution in [-0.2, 0) is 4.79 Å². The summed E-state index contributed by atoms with van der Waals surface area (Å²) in [5.41, 5.74) is 3.57. The van der Waals surface area contributed by atoms with Crippen molar-refractivity contribution in [3.8, 4) is 39.2 Å². The lowest BCUT2D eigenvalue weighted by Crippen LogP contribution is -2.09. The molecule has 2 aromatic heterocycles. The van der Waals surface area contributed by atoms with Gasteiger partial charge in [0.2, 0.25) is 0 Å². The Morgan fingerprint density at radius 2 is 1.26 bits per heavy atom. The molecule has 42 heavy (non-hydrogen) atoms. The monoisotopic (exact) mass is 588 g/mol. The van der Waals surface area contributed by atoms with Gasteiger partial charge in [-0.15, -0.1) is 22.7 Å². The molecular formula is C34H24N2O4S2. The molecule has 0 aliphatic rings. The van der Waals surface area contributed by atoms with Crippen molar-refractivity contribution in [2.45, 2.75) is 0 Å². The summed E-state index contributed by atoms with van der Waals surface area (Å²) in [5, 5.41) is 18.1. The number of nitriles is 1. The van der Waals surface area contributed by atoms with Crippen LogP contribution in [0.2, 0.25) is 0 Å². The van der Waals surface area contributed by atoms with Crippen molar-refractivity contribution < 1.29 is 19.4 Å². The van der Waals surface area contributed by atoms with Crippen LogP contribution in [0.4, 0.5) is 17.1 Å². The van der Waals surface area contributed by atoms with E-state index in [1.807, 2.05) is 97.1 Å². The maximum absolute atomic E-state index is 11.1. The molecule has 0 saturated heterocycles. The maximum atomic E-state index is 11.1. The van der Waals surface area contributed by atoms with E-state index in [4.69, 9.17) is 19.8 Å². The Balaban J connectivity index is 1.36. The van der Waals surface area contributed by atoms with Gasteiger partial charge < -0.3 is 19.5 Å². The molecule has 0 spiro atoms. The second kappa shape index (κ2) is 12.9. The number of rotatable bonds is 8. The standard InChI is InChI=1S/C34H24N2O4S2/c1-39-28-12-8-26(9-13-28)36(27-10-14-29(40-2)15-11-27)25-6-3-23(4-7-25)5-16-30-17-19-32(41-30)33-20-18-31(42-33)21-24(22-35)34(37)38/h3-4,6-15,17-21H,1-2H3,(H,37,38)/b24-21+. The summed E-state index contributed by atoms with van der Waals surface area (Å²) in [4.78, 5) is 16.9. The molecule has 0 saturated carbocycles. The van der Waals surface area contributed by atoms with E-state index in [2.05, 4.69) is 16.7 Å². The smallest absolute Gasteiger partial charge is 0.346 e. The number of anilines is 3. The van der Waals surface area contributed by atoms with Crippen LogP contribution < -0.4 is 14.4 Å². The number of hydrogen-bond acceptors (Lipinski definition) is 7. The molecule has 0 aliphatic carbocycles. The molecule has 0 radical (unpaired) electrons. The van der Waals surface area contributed by atoms with Gasteiger partial charge in [0, 0.05) is 37.3 Å². The Kier molecular flexibility index (Phi) is 8.70. The van der Waals surface area contributed by atoms with Crippen LogP contribution in [0.5, 0.6) is 11.5 Å². The number of thiophene rings is 2. The van der Waals surface area contributed by atoms with Gasteiger partial charge in [-0.25, -0.2) is 4.79 Å². The van der Waals surface area contributed by atoms with Crippen molar-refractivity contribution in [2.75, 3.05) is 19.1 Å². The summed E-state index contributed by atoms with van der Waals surface area (Å²) in [6.07, 6.45) is 1.39. The van der Waals surface area contributed by atoms with Crippen LogP contribution in [0.3, 0.4) is 0 Å². The number of benzene rings is 3. The van der Waals surface area contributed by atoms with Crippen LogP contribution in [0.1, 0.15) is 15.3 Å². The Morgan fingerprint density at radius 3 is 1.79 bits per heavy atom. The molecule has 0 aliphatic heterocycles. The Labute approximate surface area is 252 Å². The zero-order valence-corrected chi connectivity index (χ0v) is 24.3. The van der Waals surface area contributed by atoms with Crippen molar-refractivity contribution in [2.24, 2.45) is 0 Å². The summed E-state index contributed by atoms with van der Waals surface area (Å²) in [7, 11) is 3.31. The summed E-state index contributed by atoms with van der Waals surface area (Å²) in [6.45, 7) is 0. The fourth-order valence-electron chi connectivity index (χ4n) is 4.12. The highest BCUT2D eigenvalue weighted by atomic mass is 32.1.